The van der Waals surface area contributed by atoms with Crippen molar-refractivity contribution in [1.29, 1.82) is 0 Å². The lowest BCUT2D eigenvalue weighted by molar-refractivity contribution is 0.607. The standard InChI is InChI=1S/C14H11Br2F2N/c15-11-5-4-9(17)6-8(11)7-13(19)10-2-1-3-12(18)14(10)16/h1-6,13H,7,19H2. The van der Waals surface area contributed by atoms with Crippen LogP contribution in [0.15, 0.2) is 45.3 Å². The van der Waals surface area contributed by atoms with Crippen LogP contribution >= 0.6 is 31.9 Å². The highest BCUT2D eigenvalue weighted by Gasteiger charge is 2.15. The third-order valence-electron chi connectivity index (χ3n) is 2.83. The van der Waals surface area contributed by atoms with Gasteiger partial charge in [0.25, 0.3) is 0 Å². The molecule has 2 aromatic rings. The van der Waals surface area contributed by atoms with Crippen LogP contribution in [0.25, 0.3) is 0 Å². The van der Waals surface area contributed by atoms with Crippen LogP contribution in [0.3, 0.4) is 0 Å². The summed E-state index contributed by atoms with van der Waals surface area (Å²) >= 11 is 6.54. The molecule has 2 rings (SSSR count). The Kier molecular flexibility index (Phi) is 4.71. The van der Waals surface area contributed by atoms with Gasteiger partial charge in [0.1, 0.15) is 11.6 Å². The van der Waals surface area contributed by atoms with Crippen LogP contribution in [0.5, 0.6) is 0 Å². The Bertz CT molecular complexity index is 602. The quantitative estimate of drug-likeness (QED) is 0.805. The fourth-order valence-corrected chi connectivity index (χ4v) is 2.82. The molecule has 0 heterocycles. The highest BCUT2D eigenvalue weighted by atomic mass is 79.9. The van der Waals surface area contributed by atoms with Crippen molar-refractivity contribution in [1.82, 2.24) is 0 Å². The second-order valence-corrected chi connectivity index (χ2v) is 5.84. The Morgan fingerprint density at radius 1 is 1.11 bits per heavy atom. The van der Waals surface area contributed by atoms with Crippen molar-refractivity contribution in [2.75, 3.05) is 0 Å². The Morgan fingerprint density at radius 2 is 1.84 bits per heavy atom. The minimum absolute atomic E-state index is 0.316. The molecule has 100 valence electrons. The van der Waals surface area contributed by atoms with Gasteiger partial charge in [-0.2, -0.15) is 0 Å². The van der Waals surface area contributed by atoms with Crippen LogP contribution in [0.2, 0.25) is 0 Å². The summed E-state index contributed by atoms with van der Waals surface area (Å²) in [5.41, 5.74) is 7.49. The Labute approximate surface area is 127 Å². The molecule has 0 aliphatic rings. The summed E-state index contributed by atoms with van der Waals surface area (Å²) in [5, 5.41) is 0. The molecule has 1 atom stereocenters. The van der Waals surface area contributed by atoms with Gasteiger partial charge in [0.05, 0.1) is 4.47 Å². The van der Waals surface area contributed by atoms with E-state index >= 15 is 0 Å². The zero-order valence-electron chi connectivity index (χ0n) is 9.84. The summed E-state index contributed by atoms with van der Waals surface area (Å²) in [4.78, 5) is 0. The molecule has 2 aromatic carbocycles. The smallest absolute Gasteiger partial charge is 0.137 e. The van der Waals surface area contributed by atoms with Crippen LogP contribution in [-0.2, 0) is 6.42 Å². The summed E-state index contributed by atoms with van der Waals surface area (Å²) in [6.07, 6.45) is 0.417. The molecule has 1 unspecified atom stereocenters. The van der Waals surface area contributed by atoms with Crippen molar-refractivity contribution in [2.24, 2.45) is 5.73 Å². The fourth-order valence-electron chi connectivity index (χ4n) is 1.85. The molecule has 0 radical (unpaired) electrons. The highest BCUT2D eigenvalue weighted by Crippen LogP contribution is 2.29. The maximum absolute atomic E-state index is 13.5. The van der Waals surface area contributed by atoms with Gasteiger partial charge in [-0.15, -0.1) is 0 Å². The highest BCUT2D eigenvalue weighted by molar-refractivity contribution is 9.10. The van der Waals surface area contributed by atoms with Gasteiger partial charge in [-0.25, -0.2) is 8.78 Å². The predicted octanol–water partition coefficient (Wildman–Crippen LogP) is 4.73. The molecular weight excluding hydrogens is 380 g/mol. The van der Waals surface area contributed by atoms with E-state index in [1.54, 1.807) is 18.2 Å². The zero-order chi connectivity index (χ0) is 14.0. The minimum Gasteiger partial charge on any atom is -0.324 e. The average Bonchev–Trinajstić information content (AvgIpc) is 2.37. The molecule has 0 fully saturated rings. The SMILES string of the molecule is NC(Cc1cc(F)ccc1Br)c1cccc(F)c1Br. The molecule has 19 heavy (non-hydrogen) atoms. The van der Waals surface area contributed by atoms with Crippen LogP contribution < -0.4 is 5.73 Å². The van der Waals surface area contributed by atoms with E-state index in [0.29, 0.717) is 16.5 Å². The number of hydrogen-bond donors (Lipinski definition) is 1. The monoisotopic (exact) mass is 389 g/mol. The molecule has 0 spiro atoms. The number of rotatable bonds is 3. The molecule has 0 bridgehead atoms. The lowest BCUT2D eigenvalue weighted by Gasteiger charge is -2.15. The topological polar surface area (TPSA) is 26.0 Å². The molecule has 5 heteroatoms. The molecule has 0 saturated carbocycles. The van der Waals surface area contributed by atoms with Crippen molar-refractivity contribution in [2.45, 2.75) is 12.5 Å². The third kappa shape index (κ3) is 3.41. The van der Waals surface area contributed by atoms with E-state index in [4.69, 9.17) is 5.73 Å². The van der Waals surface area contributed by atoms with Crippen LogP contribution in [0, 0.1) is 11.6 Å². The van der Waals surface area contributed by atoms with Crippen molar-refractivity contribution >= 4 is 31.9 Å². The van der Waals surface area contributed by atoms with E-state index in [0.717, 1.165) is 10.0 Å². The second kappa shape index (κ2) is 6.11. The van der Waals surface area contributed by atoms with Crippen LogP contribution in [-0.4, -0.2) is 0 Å². The summed E-state index contributed by atoms with van der Waals surface area (Å²) in [6.45, 7) is 0. The van der Waals surface area contributed by atoms with Crippen molar-refractivity contribution in [3.8, 4) is 0 Å². The lowest BCUT2D eigenvalue weighted by atomic mass is 9.99. The van der Waals surface area contributed by atoms with E-state index < -0.39 is 6.04 Å². The molecule has 2 N–H and O–H groups in total. The number of benzene rings is 2. The fraction of sp³-hybridized carbons (Fsp3) is 0.143. The molecule has 0 aliphatic carbocycles. The van der Waals surface area contributed by atoms with Gasteiger partial charge in [0.15, 0.2) is 0 Å². The van der Waals surface area contributed by atoms with Gasteiger partial charge < -0.3 is 5.73 Å². The first-order valence-corrected chi connectivity index (χ1v) is 7.21. The van der Waals surface area contributed by atoms with Gasteiger partial charge in [0, 0.05) is 10.5 Å². The summed E-state index contributed by atoms with van der Waals surface area (Å²) in [7, 11) is 0. The first kappa shape index (κ1) is 14.6. The third-order valence-corrected chi connectivity index (χ3v) is 4.44. The van der Waals surface area contributed by atoms with Gasteiger partial charge >= 0.3 is 0 Å². The molecule has 0 amide bonds. The molecule has 0 saturated heterocycles. The van der Waals surface area contributed by atoms with Gasteiger partial charge in [-0.05, 0) is 57.7 Å². The summed E-state index contributed by atoms with van der Waals surface area (Å²) < 4.78 is 27.8. The minimum atomic E-state index is -0.414. The van der Waals surface area contributed by atoms with Crippen molar-refractivity contribution in [3.05, 3.63) is 68.1 Å². The molecule has 1 nitrogen and oxygen atoms in total. The average molecular weight is 391 g/mol. The van der Waals surface area contributed by atoms with E-state index in [1.165, 1.54) is 18.2 Å². The zero-order valence-corrected chi connectivity index (χ0v) is 13.0. The van der Waals surface area contributed by atoms with Gasteiger partial charge in [-0.1, -0.05) is 28.1 Å². The maximum atomic E-state index is 13.5. The van der Waals surface area contributed by atoms with Crippen molar-refractivity contribution in [3.63, 3.8) is 0 Å². The largest absolute Gasteiger partial charge is 0.324 e. The number of nitrogens with two attached hydrogens (primary N) is 1. The number of halogens is 4. The normalized spacial score (nSPS) is 12.5. The Morgan fingerprint density at radius 3 is 2.58 bits per heavy atom. The second-order valence-electron chi connectivity index (χ2n) is 4.19. The van der Waals surface area contributed by atoms with E-state index in [2.05, 4.69) is 31.9 Å². The Balaban J connectivity index is 2.28. The predicted molar refractivity (Wildman–Crippen MR) is 78.8 cm³/mol. The van der Waals surface area contributed by atoms with E-state index in [-0.39, 0.29) is 11.6 Å². The molecule has 0 aliphatic heterocycles. The molecular formula is C14H11Br2F2N. The summed E-state index contributed by atoms with van der Waals surface area (Å²) in [5.74, 6) is -0.671. The van der Waals surface area contributed by atoms with E-state index in [9.17, 15) is 8.78 Å². The van der Waals surface area contributed by atoms with Crippen LogP contribution in [0.1, 0.15) is 17.2 Å². The lowest BCUT2D eigenvalue weighted by Crippen LogP contribution is -2.14. The number of hydrogen-bond acceptors (Lipinski definition) is 1. The van der Waals surface area contributed by atoms with Gasteiger partial charge in [0.2, 0.25) is 0 Å². The van der Waals surface area contributed by atoms with Crippen molar-refractivity contribution < 1.29 is 8.78 Å². The van der Waals surface area contributed by atoms with Crippen LogP contribution in [0.4, 0.5) is 8.78 Å². The first-order valence-electron chi connectivity index (χ1n) is 5.62. The molecule has 0 aromatic heterocycles. The first-order chi connectivity index (χ1) is 8.99. The summed E-state index contributed by atoms with van der Waals surface area (Å²) in [6, 6.07) is 8.74. The van der Waals surface area contributed by atoms with E-state index in [1.807, 2.05) is 0 Å². The Hall–Kier alpha value is -0.780. The maximum Gasteiger partial charge on any atom is 0.137 e. The van der Waals surface area contributed by atoms with Gasteiger partial charge in [-0.3, -0.25) is 0 Å².